The number of hydrogen-bond donors (Lipinski definition) is 2. The van der Waals surface area contributed by atoms with Crippen molar-refractivity contribution >= 4 is 5.97 Å². The molecule has 4 heteroatoms. The van der Waals surface area contributed by atoms with E-state index >= 15 is 0 Å². The van der Waals surface area contributed by atoms with Gasteiger partial charge >= 0.3 is 5.97 Å². The highest BCUT2D eigenvalue weighted by molar-refractivity contribution is 5.74. The molecule has 3 N–H and O–H groups in total. The lowest BCUT2D eigenvalue weighted by molar-refractivity contribution is -0.142. The number of nitrogens with two attached hydrogens (primary N) is 1. The molecule has 1 rings (SSSR count). The van der Waals surface area contributed by atoms with Crippen molar-refractivity contribution in [3.63, 3.8) is 0 Å². The monoisotopic (exact) mass is 195 g/mol. The Morgan fingerprint density at radius 1 is 1.43 bits per heavy atom. The normalized spacial score (nSPS) is 14.7. The molecule has 2 atom stereocenters. The zero-order chi connectivity index (χ0) is 10.6. The Morgan fingerprint density at radius 3 is 2.43 bits per heavy atom. The molecule has 0 saturated carbocycles. The van der Waals surface area contributed by atoms with Crippen molar-refractivity contribution in [3.05, 3.63) is 35.9 Å². The van der Waals surface area contributed by atoms with Gasteiger partial charge in [0.25, 0.3) is 0 Å². The third-order valence-electron chi connectivity index (χ3n) is 1.99. The van der Waals surface area contributed by atoms with Crippen LogP contribution in [0.2, 0.25) is 0 Å². The smallest absolute Gasteiger partial charge is 0.323 e. The van der Waals surface area contributed by atoms with Crippen LogP contribution in [0.1, 0.15) is 11.7 Å². The molecule has 0 radical (unpaired) electrons. The molecule has 0 bridgehead atoms. The average Bonchev–Trinajstić information content (AvgIpc) is 2.20. The van der Waals surface area contributed by atoms with E-state index in [0.29, 0.717) is 0 Å². The van der Waals surface area contributed by atoms with Crippen LogP contribution < -0.4 is 5.73 Å². The van der Waals surface area contributed by atoms with Gasteiger partial charge in [-0.25, -0.2) is 0 Å². The second-order valence-electron chi connectivity index (χ2n) is 2.93. The van der Waals surface area contributed by atoms with Gasteiger partial charge in [0.1, 0.15) is 12.1 Å². The van der Waals surface area contributed by atoms with Crippen LogP contribution in [0.4, 0.5) is 0 Å². The SMILES string of the molecule is COC(c1ccccc1)[C@H](N)C(=O)O. The van der Waals surface area contributed by atoms with E-state index in [1.807, 2.05) is 18.2 Å². The molecule has 0 spiro atoms. The lowest BCUT2D eigenvalue weighted by Crippen LogP contribution is -2.37. The van der Waals surface area contributed by atoms with Gasteiger partial charge < -0.3 is 15.6 Å². The number of carboxylic acids is 1. The molecular formula is C10H13NO3. The largest absolute Gasteiger partial charge is 0.480 e. The summed E-state index contributed by atoms with van der Waals surface area (Å²) in [6.45, 7) is 0. The standard InChI is InChI=1S/C10H13NO3/c1-14-9(8(11)10(12)13)7-5-3-2-4-6-7/h2-6,8-9H,11H2,1H3,(H,12,13)/t8-,9?/m0/s1. The van der Waals surface area contributed by atoms with Gasteiger partial charge in [-0.3, -0.25) is 4.79 Å². The number of carboxylic acid groups (broad SMARTS) is 1. The van der Waals surface area contributed by atoms with Crippen LogP contribution in [0.25, 0.3) is 0 Å². The summed E-state index contributed by atoms with van der Waals surface area (Å²) in [7, 11) is 1.44. The zero-order valence-electron chi connectivity index (χ0n) is 7.88. The van der Waals surface area contributed by atoms with Crippen molar-refractivity contribution < 1.29 is 14.6 Å². The van der Waals surface area contributed by atoms with Crippen molar-refractivity contribution in [3.8, 4) is 0 Å². The fourth-order valence-electron chi connectivity index (χ4n) is 1.26. The number of methoxy groups -OCH3 is 1. The molecule has 14 heavy (non-hydrogen) atoms. The number of carbonyl (C=O) groups is 1. The molecule has 0 aliphatic heterocycles. The molecule has 1 unspecified atom stereocenters. The maximum atomic E-state index is 10.7. The summed E-state index contributed by atoms with van der Waals surface area (Å²) >= 11 is 0. The minimum absolute atomic E-state index is 0.603. The summed E-state index contributed by atoms with van der Waals surface area (Å²) in [5.41, 5.74) is 6.25. The topological polar surface area (TPSA) is 72.5 Å². The first-order valence-electron chi connectivity index (χ1n) is 4.23. The average molecular weight is 195 g/mol. The fraction of sp³-hybridized carbons (Fsp3) is 0.300. The van der Waals surface area contributed by atoms with Gasteiger partial charge in [-0.2, -0.15) is 0 Å². The quantitative estimate of drug-likeness (QED) is 0.744. The summed E-state index contributed by atoms with van der Waals surface area (Å²) < 4.78 is 5.05. The Morgan fingerprint density at radius 2 is 2.00 bits per heavy atom. The molecule has 4 nitrogen and oxygen atoms in total. The van der Waals surface area contributed by atoms with E-state index in [2.05, 4.69) is 0 Å². The summed E-state index contributed by atoms with van der Waals surface area (Å²) in [5.74, 6) is -1.07. The molecule has 1 aromatic rings. The van der Waals surface area contributed by atoms with E-state index in [4.69, 9.17) is 15.6 Å². The molecule has 0 aliphatic carbocycles. The molecule has 0 saturated heterocycles. The summed E-state index contributed by atoms with van der Waals surface area (Å²) in [4.78, 5) is 10.7. The molecule has 0 aromatic heterocycles. The van der Waals surface area contributed by atoms with E-state index in [1.54, 1.807) is 12.1 Å². The maximum absolute atomic E-state index is 10.7. The van der Waals surface area contributed by atoms with Crippen molar-refractivity contribution in [2.75, 3.05) is 7.11 Å². The fourth-order valence-corrected chi connectivity index (χ4v) is 1.26. The second-order valence-corrected chi connectivity index (χ2v) is 2.93. The van der Waals surface area contributed by atoms with Crippen molar-refractivity contribution in [2.24, 2.45) is 5.73 Å². The third-order valence-corrected chi connectivity index (χ3v) is 1.99. The maximum Gasteiger partial charge on any atom is 0.323 e. The molecule has 0 heterocycles. The highest BCUT2D eigenvalue weighted by Crippen LogP contribution is 2.18. The minimum atomic E-state index is -1.07. The third kappa shape index (κ3) is 2.31. The summed E-state index contributed by atoms with van der Waals surface area (Å²) in [5, 5.41) is 8.74. The summed E-state index contributed by atoms with van der Waals surface area (Å²) in [6.07, 6.45) is -0.603. The number of rotatable bonds is 4. The van der Waals surface area contributed by atoms with E-state index < -0.39 is 18.1 Å². The van der Waals surface area contributed by atoms with Crippen LogP contribution in [0.5, 0.6) is 0 Å². The van der Waals surface area contributed by atoms with Gasteiger partial charge in [-0.15, -0.1) is 0 Å². The molecule has 0 fully saturated rings. The number of hydrogen-bond acceptors (Lipinski definition) is 3. The number of ether oxygens (including phenoxy) is 1. The summed E-state index contributed by atoms with van der Waals surface area (Å²) in [6, 6.07) is 8.02. The van der Waals surface area contributed by atoms with Crippen molar-refractivity contribution in [2.45, 2.75) is 12.1 Å². The van der Waals surface area contributed by atoms with Crippen LogP contribution in [0.3, 0.4) is 0 Å². The highest BCUT2D eigenvalue weighted by Gasteiger charge is 2.25. The van der Waals surface area contributed by atoms with Gasteiger partial charge in [-0.1, -0.05) is 30.3 Å². The van der Waals surface area contributed by atoms with Gasteiger partial charge in [0.15, 0.2) is 0 Å². The molecule has 1 aromatic carbocycles. The lowest BCUT2D eigenvalue weighted by Gasteiger charge is -2.19. The van der Waals surface area contributed by atoms with Crippen LogP contribution in [-0.4, -0.2) is 24.2 Å². The first kappa shape index (κ1) is 10.7. The first-order chi connectivity index (χ1) is 6.66. The Bertz CT molecular complexity index is 299. The van der Waals surface area contributed by atoms with E-state index in [9.17, 15) is 4.79 Å². The van der Waals surface area contributed by atoms with E-state index in [0.717, 1.165) is 5.56 Å². The number of benzene rings is 1. The Balaban J connectivity index is 2.87. The van der Waals surface area contributed by atoms with Gasteiger partial charge in [0.05, 0.1) is 0 Å². The molecule has 0 amide bonds. The van der Waals surface area contributed by atoms with Crippen molar-refractivity contribution in [1.29, 1.82) is 0 Å². The van der Waals surface area contributed by atoms with Gasteiger partial charge in [0, 0.05) is 7.11 Å². The van der Waals surface area contributed by atoms with E-state index in [-0.39, 0.29) is 0 Å². The Labute approximate surface area is 82.3 Å². The van der Waals surface area contributed by atoms with Gasteiger partial charge in [-0.05, 0) is 5.56 Å². The predicted octanol–water partition coefficient (Wildman–Crippen LogP) is 0.786. The highest BCUT2D eigenvalue weighted by atomic mass is 16.5. The van der Waals surface area contributed by atoms with Crippen LogP contribution in [0.15, 0.2) is 30.3 Å². The molecule has 76 valence electrons. The van der Waals surface area contributed by atoms with Gasteiger partial charge in [0.2, 0.25) is 0 Å². The zero-order valence-corrected chi connectivity index (χ0v) is 7.88. The van der Waals surface area contributed by atoms with Crippen LogP contribution in [-0.2, 0) is 9.53 Å². The second kappa shape index (κ2) is 4.74. The van der Waals surface area contributed by atoms with Crippen LogP contribution in [0, 0.1) is 0 Å². The molecular weight excluding hydrogens is 182 g/mol. The van der Waals surface area contributed by atoms with E-state index in [1.165, 1.54) is 7.11 Å². The minimum Gasteiger partial charge on any atom is -0.480 e. The Hall–Kier alpha value is -1.39. The number of aliphatic carboxylic acids is 1. The van der Waals surface area contributed by atoms with Crippen molar-refractivity contribution in [1.82, 2.24) is 0 Å². The Kier molecular flexibility index (Phi) is 3.62. The predicted molar refractivity (Wildman–Crippen MR) is 51.8 cm³/mol. The first-order valence-corrected chi connectivity index (χ1v) is 4.23. The molecule has 0 aliphatic rings. The van der Waals surface area contributed by atoms with Crippen LogP contribution >= 0.6 is 0 Å². The lowest BCUT2D eigenvalue weighted by atomic mass is 10.0.